The molecule has 0 saturated heterocycles. The minimum Gasteiger partial charge on any atom is -0.506 e. The van der Waals surface area contributed by atoms with E-state index in [1.54, 1.807) is 11.1 Å². The van der Waals surface area contributed by atoms with Crippen molar-refractivity contribution in [2.75, 3.05) is 0 Å². The van der Waals surface area contributed by atoms with Gasteiger partial charge in [0.15, 0.2) is 0 Å². The maximum atomic E-state index is 9.02. The van der Waals surface area contributed by atoms with Gasteiger partial charge in [-0.3, -0.25) is 0 Å². The molecule has 0 rings (SSSR count). The van der Waals surface area contributed by atoms with Gasteiger partial charge in [-0.1, -0.05) is 19.7 Å². The Morgan fingerprint density at radius 3 is 2.27 bits per heavy atom. The van der Waals surface area contributed by atoms with Crippen LogP contribution < -0.4 is 0 Å². The van der Waals surface area contributed by atoms with Crippen LogP contribution in [-0.4, -0.2) is 10.0 Å². The lowest BCUT2D eigenvalue weighted by molar-refractivity contribution is 0.416. The Kier molecular flexibility index (Phi) is 3.81. The first-order chi connectivity index (χ1) is 5.11. The van der Waals surface area contributed by atoms with Crippen LogP contribution in [0.1, 0.15) is 6.92 Å². The zero-order valence-corrected chi connectivity index (χ0v) is 6.75. The van der Waals surface area contributed by atoms with Crippen molar-refractivity contribution in [1.29, 1.82) is 0 Å². The molecule has 0 radical (unpaired) electrons. The maximum Gasteiger partial charge on any atom is 0.131 e. The molecule has 60 valence electrons. The van der Waals surface area contributed by atoms with E-state index in [1.807, 2.05) is 6.92 Å². The number of aliphatic hydroxyl groups is 1. The summed E-state index contributed by atoms with van der Waals surface area (Å²) in [5, 5.41) is 9.02. The lowest BCUT2D eigenvalue weighted by Crippen LogP contribution is -2.05. The Balaban J connectivity index is 4.41. The summed E-state index contributed by atoms with van der Waals surface area (Å²) in [6, 6.07) is 0. The molecule has 0 saturated carbocycles. The van der Waals surface area contributed by atoms with E-state index in [-0.39, 0.29) is 5.76 Å². The van der Waals surface area contributed by atoms with Crippen LogP contribution in [0, 0.1) is 0 Å². The smallest absolute Gasteiger partial charge is 0.131 e. The summed E-state index contributed by atoms with van der Waals surface area (Å²) in [4.78, 5) is 1.61. The second-order valence-electron chi connectivity index (χ2n) is 2.08. The quantitative estimate of drug-likeness (QED) is 0.493. The number of aliphatic hydroxyl groups excluding tert-OH is 1. The summed E-state index contributed by atoms with van der Waals surface area (Å²) in [5.41, 5.74) is 0.786. The van der Waals surface area contributed by atoms with Gasteiger partial charge < -0.3 is 10.0 Å². The normalized spacial score (nSPS) is 10.5. The first-order valence-corrected chi connectivity index (χ1v) is 3.21. The summed E-state index contributed by atoms with van der Waals surface area (Å²) in [6.07, 6.45) is 4.39. The SMILES string of the molecule is C=C/C(O)=C\N(C=C)C(=C)C. The molecule has 0 bridgehead atoms. The van der Waals surface area contributed by atoms with Crippen molar-refractivity contribution in [2.45, 2.75) is 6.92 Å². The second-order valence-corrected chi connectivity index (χ2v) is 2.08. The molecule has 0 aliphatic rings. The molecule has 0 aromatic carbocycles. The van der Waals surface area contributed by atoms with Gasteiger partial charge in [0.25, 0.3) is 0 Å². The standard InChI is InChI=1S/C9H13NO/c1-5-9(11)7-10(6-2)8(3)4/h5-7,11H,1-3H2,4H3/b9-7+. The van der Waals surface area contributed by atoms with Crippen molar-refractivity contribution in [3.8, 4) is 0 Å². The van der Waals surface area contributed by atoms with Gasteiger partial charge in [-0.25, -0.2) is 0 Å². The van der Waals surface area contributed by atoms with E-state index in [2.05, 4.69) is 19.7 Å². The Morgan fingerprint density at radius 2 is 2.00 bits per heavy atom. The zero-order valence-electron chi connectivity index (χ0n) is 6.75. The minimum atomic E-state index is 0.0906. The van der Waals surface area contributed by atoms with Crippen LogP contribution in [0.4, 0.5) is 0 Å². The average molecular weight is 151 g/mol. The van der Waals surface area contributed by atoms with Crippen LogP contribution in [0.15, 0.2) is 49.7 Å². The van der Waals surface area contributed by atoms with Gasteiger partial charge in [0.2, 0.25) is 0 Å². The highest BCUT2D eigenvalue weighted by Gasteiger charge is 1.94. The molecule has 2 nitrogen and oxygen atoms in total. The van der Waals surface area contributed by atoms with Gasteiger partial charge in [-0.05, 0) is 13.0 Å². The van der Waals surface area contributed by atoms with Crippen molar-refractivity contribution in [1.82, 2.24) is 4.90 Å². The van der Waals surface area contributed by atoms with E-state index in [9.17, 15) is 0 Å². The molecule has 0 spiro atoms. The Bertz CT molecular complexity index is 204. The number of rotatable bonds is 4. The number of nitrogens with zero attached hydrogens (tertiary/aromatic N) is 1. The molecular weight excluding hydrogens is 138 g/mol. The van der Waals surface area contributed by atoms with E-state index in [0.717, 1.165) is 5.70 Å². The molecule has 1 N–H and O–H groups in total. The molecule has 0 fully saturated rings. The molecule has 0 heterocycles. The molecule has 0 aliphatic carbocycles. The molecule has 0 unspecified atom stereocenters. The summed E-state index contributed by atoms with van der Waals surface area (Å²) in [6.45, 7) is 12.4. The van der Waals surface area contributed by atoms with Gasteiger partial charge in [0.1, 0.15) is 5.76 Å². The third kappa shape index (κ3) is 3.30. The van der Waals surface area contributed by atoms with E-state index >= 15 is 0 Å². The summed E-state index contributed by atoms with van der Waals surface area (Å²) >= 11 is 0. The Morgan fingerprint density at radius 1 is 1.45 bits per heavy atom. The van der Waals surface area contributed by atoms with Crippen molar-refractivity contribution >= 4 is 0 Å². The van der Waals surface area contributed by atoms with Crippen LogP contribution in [0.25, 0.3) is 0 Å². The molecule has 11 heavy (non-hydrogen) atoms. The third-order valence-corrected chi connectivity index (χ3v) is 1.12. The average Bonchev–Trinajstić information content (AvgIpc) is 1.99. The first-order valence-electron chi connectivity index (χ1n) is 3.21. The molecule has 0 aliphatic heterocycles. The third-order valence-electron chi connectivity index (χ3n) is 1.12. The molecule has 0 aromatic rings. The van der Waals surface area contributed by atoms with E-state index in [0.29, 0.717) is 0 Å². The highest BCUT2D eigenvalue weighted by molar-refractivity contribution is 5.11. The fraction of sp³-hybridized carbons (Fsp3) is 0.111. The molecule has 2 heteroatoms. The van der Waals surface area contributed by atoms with E-state index in [4.69, 9.17) is 5.11 Å². The Labute approximate surface area is 67.5 Å². The van der Waals surface area contributed by atoms with E-state index in [1.165, 1.54) is 12.3 Å². The maximum absolute atomic E-state index is 9.02. The topological polar surface area (TPSA) is 23.5 Å². The number of hydrogen-bond acceptors (Lipinski definition) is 2. The highest BCUT2D eigenvalue weighted by Crippen LogP contribution is 2.03. The van der Waals surface area contributed by atoms with Crippen molar-refractivity contribution < 1.29 is 5.11 Å². The summed E-state index contributed by atoms with van der Waals surface area (Å²) in [7, 11) is 0. The van der Waals surface area contributed by atoms with Crippen LogP contribution in [0.3, 0.4) is 0 Å². The lowest BCUT2D eigenvalue weighted by Gasteiger charge is -2.13. The number of hydrogen-bond donors (Lipinski definition) is 1. The van der Waals surface area contributed by atoms with Gasteiger partial charge >= 0.3 is 0 Å². The monoisotopic (exact) mass is 151 g/mol. The first kappa shape index (κ1) is 9.56. The lowest BCUT2D eigenvalue weighted by atomic mass is 10.4. The van der Waals surface area contributed by atoms with Crippen LogP contribution in [0.5, 0.6) is 0 Å². The van der Waals surface area contributed by atoms with Gasteiger partial charge in [-0.2, -0.15) is 0 Å². The van der Waals surface area contributed by atoms with Crippen LogP contribution in [-0.2, 0) is 0 Å². The highest BCUT2D eigenvalue weighted by atomic mass is 16.3. The predicted molar refractivity (Wildman–Crippen MR) is 47.8 cm³/mol. The molecule has 0 atom stereocenters. The summed E-state index contributed by atoms with van der Waals surface area (Å²) < 4.78 is 0. The van der Waals surface area contributed by atoms with Gasteiger partial charge in [0, 0.05) is 11.9 Å². The van der Waals surface area contributed by atoms with Crippen molar-refractivity contribution in [2.24, 2.45) is 0 Å². The fourth-order valence-corrected chi connectivity index (χ4v) is 0.514. The summed E-state index contributed by atoms with van der Waals surface area (Å²) in [5.74, 6) is 0.0906. The van der Waals surface area contributed by atoms with Crippen LogP contribution >= 0.6 is 0 Å². The fourth-order valence-electron chi connectivity index (χ4n) is 0.514. The second kappa shape index (κ2) is 4.39. The predicted octanol–water partition coefficient (Wildman–Crippen LogP) is 2.55. The van der Waals surface area contributed by atoms with Crippen molar-refractivity contribution in [3.63, 3.8) is 0 Å². The van der Waals surface area contributed by atoms with Gasteiger partial charge in [0.05, 0.1) is 6.20 Å². The largest absolute Gasteiger partial charge is 0.506 e. The minimum absolute atomic E-state index is 0.0906. The molecule has 0 aromatic heterocycles. The van der Waals surface area contributed by atoms with Gasteiger partial charge in [-0.15, -0.1) is 0 Å². The number of allylic oxidation sites excluding steroid dienone is 2. The van der Waals surface area contributed by atoms with E-state index < -0.39 is 0 Å². The molecular formula is C9H13NO. The van der Waals surface area contributed by atoms with Crippen LogP contribution in [0.2, 0.25) is 0 Å². The van der Waals surface area contributed by atoms with Crippen molar-refractivity contribution in [3.05, 3.63) is 49.7 Å². The molecule has 0 amide bonds. The zero-order chi connectivity index (χ0) is 8.85. The Hall–Kier alpha value is -1.44.